The molecule has 0 heterocycles. The van der Waals surface area contributed by atoms with E-state index < -0.39 is 0 Å². The molecule has 9 heteroatoms. The van der Waals surface area contributed by atoms with Crippen molar-refractivity contribution < 1.29 is 43.7 Å². The third-order valence-corrected chi connectivity index (χ3v) is 4.64. The Balaban J connectivity index is 4.42. The van der Waals surface area contributed by atoms with Crippen molar-refractivity contribution in [3.63, 3.8) is 0 Å². The first kappa shape index (κ1) is 29.6. The van der Waals surface area contributed by atoms with E-state index in [1.54, 1.807) is 20.8 Å². The summed E-state index contributed by atoms with van der Waals surface area (Å²) in [5.41, 5.74) is -0.326. The Labute approximate surface area is 181 Å². The highest BCUT2D eigenvalue weighted by atomic mass is 16.6. The summed E-state index contributed by atoms with van der Waals surface area (Å²) in [6.45, 7) is 11.2. The van der Waals surface area contributed by atoms with Crippen LogP contribution in [-0.2, 0) is 28.4 Å². The average Bonchev–Trinajstić information content (AvgIpc) is 2.76. The molecule has 30 heavy (non-hydrogen) atoms. The zero-order chi connectivity index (χ0) is 22.7. The van der Waals surface area contributed by atoms with Gasteiger partial charge in [-0.2, -0.15) is 0 Å². The first-order valence-corrected chi connectivity index (χ1v) is 10.8. The Morgan fingerprint density at radius 1 is 0.567 bits per heavy atom. The number of ether oxygens (including phenoxy) is 6. The first-order valence-electron chi connectivity index (χ1n) is 10.8. The molecule has 0 bridgehead atoms. The largest absolute Gasteiger partial charge is 0.394 e. The van der Waals surface area contributed by atoms with Gasteiger partial charge in [-0.05, 0) is 27.2 Å². The lowest BCUT2D eigenvalue weighted by atomic mass is 9.88. The van der Waals surface area contributed by atoms with Crippen LogP contribution in [0.4, 0.5) is 0 Å². The summed E-state index contributed by atoms with van der Waals surface area (Å²) < 4.78 is 33.7. The van der Waals surface area contributed by atoms with Crippen molar-refractivity contribution in [2.24, 2.45) is 5.41 Å². The molecule has 0 amide bonds. The normalized spacial score (nSPS) is 16.9. The summed E-state index contributed by atoms with van der Waals surface area (Å²) in [5, 5.41) is 27.0. The zero-order valence-corrected chi connectivity index (χ0v) is 19.2. The SMILES string of the molecule is CCC(COCCOC(C)CO)(COCCOC(C)CO)COCCOC(C)CO. The van der Waals surface area contributed by atoms with Crippen LogP contribution in [0.25, 0.3) is 0 Å². The summed E-state index contributed by atoms with van der Waals surface area (Å²) in [6.07, 6.45) is 0.166. The van der Waals surface area contributed by atoms with E-state index in [-0.39, 0.29) is 43.5 Å². The van der Waals surface area contributed by atoms with Crippen LogP contribution in [0.15, 0.2) is 0 Å². The second-order valence-corrected chi connectivity index (χ2v) is 7.60. The predicted octanol–water partition coefficient (Wildman–Crippen LogP) is 0.625. The summed E-state index contributed by atoms with van der Waals surface area (Å²) in [7, 11) is 0. The van der Waals surface area contributed by atoms with E-state index in [1.807, 2.05) is 0 Å². The van der Waals surface area contributed by atoms with Crippen molar-refractivity contribution in [1.82, 2.24) is 0 Å². The highest BCUT2D eigenvalue weighted by Gasteiger charge is 2.30. The molecular formula is C21H44O9. The highest BCUT2D eigenvalue weighted by Crippen LogP contribution is 2.24. The molecule has 0 spiro atoms. The van der Waals surface area contributed by atoms with Gasteiger partial charge in [-0.25, -0.2) is 0 Å². The number of aliphatic hydroxyl groups excluding tert-OH is 3. The summed E-state index contributed by atoms with van der Waals surface area (Å²) in [5.74, 6) is 0. The molecule has 182 valence electrons. The highest BCUT2D eigenvalue weighted by molar-refractivity contribution is 4.78. The van der Waals surface area contributed by atoms with Crippen molar-refractivity contribution in [2.45, 2.75) is 52.4 Å². The van der Waals surface area contributed by atoms with Crippen LogP contribution in [0.1, 0.15) is 34.1 Å². The van der Waals surface area contributed by atoms with E-state index in [0.29, 0.717) is 59.5 Å². The Hall–Kier alpha value is -0.360. The number of rotatable bonds is 22. The van der Waals surface area contributed by atoms with E-state index in [1.165, 1.54) is 0 Å². The molecule has 0 aliphatic rings. The van der Waals surface area contributed by atoms with Gasteiger partial charge < -0.3 is 43.7 Å². The van der Waals surface area contributed by atoms with Crippen molar-refractivity contribution >= 4 is 0 Å². The van der Waals surface area contributed by atoms with E-state index in [2.05, 4.69) is 6.92 Å². The van der Waals surface area contributed by atoms with Crippen molar-refractivity contribution in [3.05, 3.63) is 0 Å². The second kappa shape index (κ2) is 19.3. The lowest BCUT2D eigenvalue weighted by Crippen LogP contribution is -2.38. The molecule has 0 aromatic heterocycles. The van der Waals surface area contributed by atoms with Crippen LogP contribution in [0, 0.1) is 5.41 Å². The smallest absolute Gasteiger partial charge is 0.0778 e. The summed E-state index contributed by atoms with van der Waals surface area (Å²) in [6, 6.07) is 0. The lowest BCUT2D eigenvalue weighted by Gasteiger charge is -2.32. The van der Waals surface area contributed by atoms with Crippen molar-refractivity contribution in [3.8, 4) is 0 Å². The van der Waals surface area contributed by atoms with Crippen molar-refractivity contribution in [2.75, 3.05) is 79.3 Å². The maximum absolute atomic E-state index is 8.99. The fourth-order valence-electron chi connectivity index (χ4n) is 2.38. The van der Waals surface area contributed by atoms with Crippen LogP contribution in [0.3, 0.4) is 0 Å². The molecular weight excluding hydrogens is 396 g/mol. The van der Waals surface area contributed by atoms with Gasteiger partial charge >= 0.3 is 0 Å². The van der Waals surface area contributed by atoms with Gasteiger partial charge in [0.15, 0.2) is 0 Å². The zero-order valence-electron chi connectivity index (χ0n) is 19.2. The van der Waals surface area contributed by atoms with Gasteiger partial charge in [0.05, 0.1) is 97.6 Å². The van der Waals surface area contributed by atoms with Gasteiger partial charge in [0.25, 0.3) is 0 Å². The average molecular weight is 441 g/mol. The molecule has 0 aromatic rings. The van der Waals surface area contributed by atoms with Crippen LogP contribution in [0.5, 0.6) is 0 Å². The molecule has 0 rings (SSSR count). The minimum atomic E-state index is -0.326. The molecule has 0 aliphatic heterocycles. The molecule has 3 N–H and O–H groups in total. The summed E-state index contributed by atoms with van der Waals surface area (Å²) in [4.78, 5) is 0. The Morgan fingerprint density at radius 2 is 0.867 bits per heavy atom. The monoisotopic (exact) mass is 440 g/mol. The van der Waals surface area contributed by atoms with Gasteiger partial charge in [-0.1, -0.05) is 6.92 Å². The third-order valence-electron chi connectivity index (χ3n) is 4.64. The van der Waals surface area contributed by atoms with Crippen molar-refractivity contribution in [1.29, 1.82) is 0 Å². The first-order chi connectivity index (χ1) is 14.4. The van der Waals surface area contributed by atoms with E-state index in [4.69, 9.17) is 43.7 Å². The van der Waals surface area contributed by atoms with Gasteiger partial charge in [-0.3, -0.25) is 0 Å². The molecule has 0 fully saturated rings. The quantitative estimate of drug-likeness (QED) is 0.208. The summed E-state index contributed by atoms with van der Waals surface area (Å²) >= 11 is 0. The molecule has 0 saturated heterocycles. The maximum atomic E-state index is 8.99. The fraction of sp³-hybridized carbons (Fsp3) is 1.00. The van der Waals surface area contributed by atoms with Gasteiger partial charge in [-0.15, -0.1) is 0 Å². The molecule has 0 aromatic carbocycles. The van der Waals surface area contributed by atoms with E-state index >= 15 is 0 Å². The number of hydrogen-bond acceptors (Lipinski definition) is 9. The molecule has 3 unspecified atom stereocenters. The van der Waals surface area contributed by atoms with E-state index in [9.17, 15) is 0 Å². The van der Waals surface area contributed by atoms with Gasteiger partial charge in [0.1, 0.15) is 0 Å². The van der Waals surface area contributed by atoms with Gasteiger partial charge in [0, 0.05) is 5.41 Å². The third kappa shape index (κ3) is 15.4. The van der Waals surface area contributed by atoms with Crippen LogP contribution in [0.2, 0.25) is 0 Å². The Kier molecular flexibility index (Phi) is 19.1. The topological polar surface area (TPSA) is 116 Å². The number of aliphatic hydroxyl groups is 3. The Bertz CT molecular complexity index is 320. The van der Waals surface area contributed by atoms with Crippen LogP contribution >= 0.6 is 0 Å². The Morgan fingerprint density at radius 3 is 1.10 bits per heavy atom. The molecule has 0 saturated carbocycles. The van der Waals surface area contributed by atoms with E-state index in [0.717, 1.165) is 6.42 Å². The minimum absolute atomic E-state index is 0.0193. The predicted molar refractivity (Wildman–Crippen MR) is 113 cm³/mol. The number of hydrogen-bond donors (Lipinski definition) is 3. The fourth-order valence-corrected chi connectivity index (χ4v) is 2.38. The molecule has 9 nitrogen and oxygen atoms in total. The standard InChI is InChI=1S/C21H44O9/c1-5-21(15-25-6-9-28-18(2)12-22,16-26-7-10-29-19(3)13-23)17-27-8-11-30-20(4)14-24/h18-20,22-24H,5-17H2,1-4H3. The maximum Gasteiger partial charge on any atom is 0.0778 e. The molecule has 0 aliphatic carbocycles. The molecule has 0 radical (unpaired) electrons. The lowest BCUT2D eigenvalue weighted by molar-refractivity contribution is -0.0990. The van der Waals surface area contributed by atoms with Crippen LogP contribution < -0.4 is 0 Å². The molecule has 3 atom stereocenters. The second-order valence-electron chi connectivity index (χ2n) is 7.60. The minimum Gasteiger partial charge on any atom is -0.394 e. The van der Waals surface area contributed by atoms with Gasteiger partial charge in [0.2, 0.25) is 0 Å². The van der Waals surface area contributed by atoms with Crippen LogP contribution in [-0.4, -0.2) is 113 Å².